The van der Waals surface area contributed by atoms with Crippen molar-refractivity contribution in [1.29, 1.82) is 0 Å². The second-order valence-electron chi connectivity index (χ2n) is 6.80. The van der Waals surface area contributed by atoms with Gasteiger partial charge in [0, 0.05) is 12.1 Å². The molecule has 0 radical (unpaired) electrons. The molecule has 4 heteroatoms. The van der Waals surface area contributed by atoms with Gasteiger partial charge in [-0.2, -0.15) is 0 Å². The molecule has 4 nitrogen and oxygen atoms in total. The molecule has 20 heavy (non-hydrogen) atoms. The van der Waals surface area contributed by atoms with Crippen LogP contribution in [0.1, 0.15) is 51.4 Å². The molecule has 0 aromatic rings. The molecule has 2 saturated heterocycles. The van der Waals surface area contributed by atoms with Crippen molar-refractivity contribution >= 4 is 5.91 Å². The second kappa shape index (κ2) is 6.44. The molecule has 1 N–H and O–H groups in total. The summed E-state index contributed by atoms with van der Waals surface area (Å²) in [7, 11) is 2.12. The normalized spacial score (nSPS) is 29.9. The number of likely N-dealkylation sites (N-methyl/N-ethyl adjacent to an activating group) is 1. The van der Waals surface area contributed by atoms with Crippen molar-refractivity contribution in [3.05, 3.63) is 0 Å². The summed E-state index contributed by atoms with van der Waals surface area (Å²) in [6.07, 6.45) is 9.58. The first-order valence-electron chi connectivity index (χ1n) is 8.50. The van der Waals surface area contributed by atoms with Crippen LogP contribution in [0.5, 0.6) is 0 Å². The molecule has 1 unspecified atom stereocenters. The van der Waals surface area contributed by atoms with E-state index in [2.05, 4.69) is 22.2 Å². The molecular weight excluding hydrogens is 250 g/mol. The maximum atomic E-state index is 13.1. The molecule has 0 aromatic carbocycles. The number of hydrogen-bond acceptors (Lipinski definition) is 3. The van der Waals surface area contributed by atoms with Crippen LogP contribution in [0.2, 0.25) is 0 Å². The van der Waals surface area contributed by atoms with E-state index in [1.54, 1.807) is 0 Å². The highest BCUT2D eigenvalue weighted by molar-refractivity contribution is 5.83. The van der Waals surface area contributed by atoms with Crippen molar-refractivity contribution < 1.29 is 4.79 Å². The van der Waals surface area contributed by atoms with E-state index in [1.165, 1.54) is 32.1 Å². The van der Waals surface area contributed by atoms with Crippen LogP contribution in [0, 0.1) is 0 Å². The Labute approximate surface area is 122 Å². The number of nitrogens with zero attached hydrogens (tertiary/aromatic N) is 2. The van der Waals surface area contributed by atoms with Gasteiger partial charge in [0.15, 0.2) is 0 Å². The van der Waals surface area contributed by atoms with Gasteiger partial charge in [-0.1, -0.05) is 12.8 Å². The fraction of sp³-hybridized carbons (Fsp3) is 0.938. The highest BCUT2D eigenvalue weighted by Crippen LogP contribution is 2.30. The van der Waals surface area contributed by atoms with Crippen LogP contribution in [0.15, 0.2) is 0 Å². The summed E-state index contributed by atoms with van der Waals surface area (Å²) in [5.74, 6) is 0.434. The van der Waals surface area contributed by atoms with Crippen molar-refractivity contribution in [3.63, 3.8) is 0 Å². The fourth-order valence-corrected chi connectivity index (χ4v) is 4.32. The highest BCUT2D eigenvalue weighted by atomic mass is 16.2. The molecule has 3 fully saturated rings. The van der Waals surface area contributed by atoms with Crippen molar-refractivity contribution in [1.82, 2.24) is 15.1 Å². The number of amides is 1. The van der Waals surface area contributed by atoms with Crippen LogP contribution in [-0.4, -0.2) is 60.5 Å². The van der Waals surface area contributed by atoms with E-state index in [1.807, 2.05) is 0 Å². The highest BCUT2D eigenvalue weighted by Gasteiger charge is 2.38. The Hall–Kier alpha value is -0.610. The van der Waals surface area contributed by atoms with Crippen LogP contribution in [-0.2, 0) is 4.79 Å². The zero-order chi connectivity index (χ0) is 13.9. The monoisotopic (exact) mass is 279 g/mol. The maximum Gasteiger partial charge on any atom is 0.240 e. The van der Waals surface area contributed by atoms with E-state index in [-0.39, 0.29) is 6.04 Å². The third-order valence-corrected chi connectivity index (χ3v) is 5.48. The summed E-state index contributed by atoms with van der Waals surface area (Å²) >= 11 is 0. The van der Waals surface area contributed by atoms with E-state index in [0.717, 1.165) is 38.9 Å². The molecule has 1 atom stereocenters. The molecule has 2 aliphatic heterocycles. The molecule has 3 aliphatic rings. The minimum Gasteiger partial charge on any atom is -0.335 e. The molecule has 0 aromatic heterocycles. The zero-order valence-corrected chi connectivity index (χ0v) is 12.8. The summed E-state index contributed by atoms with van der Waals surface area (Å²) in [5, 5.41) is 3.43. The van der Waals surface area contributed by atoms with Crippen LogP contribution < -0.4 is 5.32 Å². The molecule has 1 aliphatic carbocycles. The largest absolute Gasteiger partial charge is 0.335 e. The summed E-state index contributed by atoms with van der Waals surface area (Å²) in [5.41, 5.74) is 0. The van der Waals surface area contributed by atoms with Gasteiger partial charge in [0.1, 0.15) is 0 Å². The van der Waals surface area contributed by atoms with Gasteiger partial charge in [0.25, 0.3) is 0 Å². The van der Waals surface area contributed by atoms with E-state index in [0.29, 0.717) is 18.0 Å². The minimum absolute atomic E-state index is 0.158. The molecule has 3 rings (SSSR count). The van der Waals surface area contributed by atoms with E-state index >= 15 is 0 Å². The minimum atomic E-state index is 0.158. The van der Waals surface area contributed by atoms with Crippen molar-refractivity contribution in [2.45, 2.75) is 69.5 Å². The Balaban J connectivity index is 1.74. The maximum absolute atomic E-state index is 13.1. The van der Waals surface area contributed by atoms with Crippen LogP contribution in [0.3, 0.4) is 0 Å². The van der Waals surface area contributed by atoms with Crippen LogP contribution in [0.4, 0.5) is 0 Å². The lowest BCUT2D eigenvalue weighted by Crippen LogP contribution is -2.55. The first kappa shape index (κ1) is 14.3. The number of carbonyl (C=O) groups is 1. The first-order chi connectivity index (χ1) is 9.77. The summed E-state index contributed by atoms with van der Waals surface area (Å²) in [6.45, 7) is 3.23. The van der Waals surface area contributed by atoms with Crippen LogP contribution >= 0.6 is 0 Å². The topological polar surface area (TPSA) is 35.6 Å². The third kappa shape index (κ3) is 2.86. The molecule has 114 valence electrons. The van der Waals surface area contributed by atoms with Crippen molar-refractivity contribution in [3.8, 4) is 0 Å². The van der Waals surface area contributed by atoms with Crippen LogP contribution in [0.25, 0.3) is 0 Å². The lowest BCUT2D eigenvalue weighted by atomic mass is 9.99. The van der Waals surface area contributed by atoms with Gasteiger partial charge < -0.3 is 10.2 Å². The first-order valence-corrected chi connectivity index (χ1v) is 8.50. The quantitative estimate of drug-likeness (QED) is 0.852. The Morgan fingerprint density at radius 2 is 1.65 bits per heavy atom. The van der Waals surface area contributed by atoms with E-state index < -0.39 is 0 Å². The predicted molar refractivity (Wildman–Crippen MR) is 80.6 cm³/mol. The van der Waals surface area contributed by atoms with E-state index in [4.69, 9.17) is 0 Å². The van der Waals surface area contributed by atoms with Crippen molar-refractivity contribution in [2.75, 3.05) is 26.7 Å². The second-order valence-corrected chi connectivity index (χ2v) is 6.80. The fourth-order valence-electron chi connectivity index (χ4n) is 4.32. The SMILES string of the molecule is CN1CCCC1C(=O)N(C1CCCC1)C1CCNCC1. The molecule has 2 heterocycles. The lowest BCUT2D eigenvalue weighted by Gasteiger charge is -2.41. The molecular formula is C16H29N3O. The van der Waals surface area contributed by atoms with Gasteiger partial charge in [-0.15, -0.1) is 0 Å². The molecule has 1 saturated carbocycles. The smallest absolute Gasteiger partial charge is 0.240 e. The van der Waals surface area contributed by atoms with Gasteiger partial charge in [0.05, 0.1) is 6.04 Å². The molecule has 0 bridgehead atoms. The van der Waals surface area contributed by atoms with Gasteiger partial charge in [0.2, 0.25) is 5.91 Å². The number of piperidine rings is 1. The van der Waals surface area contributed by atoms with Gasteiger partial charge in [-0.25, -0.2) is 0 Å². The number of nitrogens with one attached hydrogen (secondary N) is 1. The number of likely N-dealkylation sites (tertiary alicyclic amines) is 1. The Bertz CT molecular complexity index is 335. The average molecular weight is 279 g/mol. The van der Waals surface area contributed by atoms with Gasteiger partial charge in [-0.3, -0.25) is 9.69 Å². The number of carbonyl (C=O) groups excluding carboxylic acids is 1. The summed E-state index contributed by atoms with van der Waals surface area (Å²) in [4.78, 5) is 17.7. The third-order valence-electron chi connectivity index (χ3n) is 5.48. The zero-order valence-electron chi connectivity index (χ0n) is 12.8. The predicted octanol–water partition coefficient (Wildman–Crippen LogP) is 1.60. The number of rotatable bonds is 3. The summed E-state index contributed by atoms with van der Waals surface area (Å²) in [6, 6.07) is 1.17. The molecule has 0 spiro atoms. The Kier molecular flexibility index (Phi) is 4.61. The Morgan fingerprint density at radius 3 is 2.25 bits per heavy atom. The van der Waals surface area contributed by atoms with E-state index in [9.17, 15) is 4.79 Å². The summed E-state index contributed by atoms with van der Waals surface area (Å²) < 4.78 is 0. The average Bonchev–Trinajstić information content (AvgIpc) is 3.12. The number of hydrogen-bond donors (Lipinski definition) is 1. The Morgan fingerprint density at radius 1 is 1.00 bits per heavy atom. The standard InChI is InChI=1S/C16H29N3O/c1-18-12-4-7-15(18)16(20)19(13-5-2-3-6-13)14-8-10-17-11-9-14/h13-15,17H,2-12H2,1H3. The van der Waals surface area contributed by atoms with Crippen molar-refractivity contribution in [2.24, 2.45) is 0 Å². The van der Waals surface area contributed by atoms with Gasteiger partial charge in [-0.05, 0) is 65.2 Å². The van der Waals surface area contributed by atoms with Gasteiger partial charge >= 0.3 is 0 Å². The molecule has 1 amide bonds. The lowest BCUT2D eigenvalue weighted by molar-refractivity contribution is -0.141.